The summed E-state index contributed by atoms with van der Waals surface area (Å²) in [4.78, 5) is 12.2. The summed E-state index contributed by atoms with van der Waals surface area (Å²) >= 11 is 0. The zero-order valence-corrected chi connectivity index (χ0v) is 12.1. The fourth-order valence-electron chi connectivity index (χ4n) is 2.65. The summed E-state index contributed by atoms with van der Waals surface area (Å²) in [6, 6.07) is 3.14. The molecule has 2 nitrogen and oxygen atoms in total. The first-order valence-electron chi connectivity index (χ1n) is 6.64. The number of anilines is 1. The Morgan fingerprint density at radius 1 is 1.30 bits per heavy atom. The fraction of sp³-hybridized carbons (Fsp3) is 0.438. The first kappa shape index (κ1) is 14.7. The zero-order chi connectivity index (χ0) is 15.1. The number of allylic oxidation sites excluding steroid dienone is 2. The van der Waals surface area contributed by atoms with Gasteiger partial charge in [-0.25, -0.2) is 8.78 Å². The SMILES string of the molecule is CC(C)=C[C@@H]1[C@@H](C(=O)Nc2ccc(F)cc2F)C1(C)C. The van der Waals surface area contributed by atoms with Crippen molar-refractivity contribution in [2.45, 2.75) is 27.7 Å². The minimum atomic E-state index is -0.754. The van der Waals surface area contributed by atoms with Crippen LogP contribution in [0.5, 0.6) is 0 Å². The van der Waals surface area contributed by atoms with E-state index in [9.17, 15) is 13.6 Å². The summed E-state index contributed by atoms with van der Waals surface area (Å²) < 4.78 is 26.4. The van der Waals surface area contributed by atoms with Crippen LogP contribution < -0.4 is 5.32 Å². The number of carbonyl (C=O) groups excluding carboxylic acids is 1. The molecule has 1 N–H and O–H groups in total. The highest BCUT2D eigenvalue weighted by Crippen LogP contribution is 2.59. The highest BCUT2D eigenvalue weighted by atomic mass is 19.1. The van der Waals surface area contributed by atoms with Crippen molar-refractivity contribution in [3.63, 3.8) is 0 Å². The van der Waals surface area contributed by atoms with E-state index in [2.05, 4.69) is 11.4 Å². The molecule has 1 saturated carbocycles. The van der Waals surface area contributed by atoms with Crippen LogP contribution in [0.25, 0.3) is 0 Å². The van der Waals surface area contributed by atoms with Gasteiger partial charge in [-0.1, -0.05) is 25.5 Å². The van der Waals surface area contributed by atoms with Crippen LogP contribution in [-0.4, -0.2) is 5.91 Å². The summed E-state index contributed by atoms with van der Waals surface area (Å²) in [5, 5.41) is 2.55. The van der Waals surface area contributed by atoms with Gasteiger partial charge in [0.05, 0.1) is 11.6 Å². The normalized spacial score (nSPS) is 23.1. The van der Waals surface area contributed by atoms with Gasteiger partial charge in [0, 0.05) is 6.07 Å². The molecule has 0 radical (unpaired) electrons. The number of benzene rings is 1. The van der Waals surface area contributed by atoms with E-state index in [1.807, 2.05) is 27.7 Å². The maximum absolute atomic E-state index is 13.5. The van der Waals surface area contributed by atoms with Crippen molar-refractivity contribution in [2.75, 3.05) is 5.32 Å². The third-order valence-corrected chi connectivity index (χ3v) is 3.90. The van der Waals surface area contributed by atoms with Crippen LogP contribution >= 0.6 is 0 Å². The predicted molar refractivity (Wildman–Crippen MR) is 75.2 cm³/mol. The van der Waals surface area contributed by atoms with Crippen LogP contribution in [0.3, 0.4) is 0 Å². The molecule has 20 heavy (non-hydrogen) atoms. The number of hydrogen-bond acceptors (Lipinski definition) is 1. The topological polar surface area (TPSA) is 29.1 Å². The van der Waals surface area contributed by atoms with Crippen molar-refractivity contribution in [3.05, 3.63) is 41.5 Å². The van der Waals surface area contributed by atoms with E-state index in [1.165, 1.54) is 6.07 Å². The molecule has 1 amide bonds. The van der Waals surface area contributed by atoms with Crippen molar-refractivity contribution < 1.29 is 13.6 Å². The molecule has 0 aromatic heterocycles. The monoisotopic (exact) mass is 279 g/mol. The van der Waals surface area contributed by atoms with Gasteiger partial charge in [-0.15, -0.1) is 0 Å². The first-order chi connectivity index (χ1) is 9.23. The molecule has 1 aliphatic rings. The van der Waals surface area contributed by atoms with E-state index in [1.54, 1.807) is 0 Å². The van der Waals surface area contributed by atoms with E-state index in [0.29, 0.717) is 0 Å². The lowest BCUT2D eigenvalue weighted by Crippen LogP contribution is -2.17. The summed E-state index contributed by atoms with van der Waals surface area (Å²) in [7, 11) is 0. The highest BCUT2D eigenvalue weighted by Gasteiger charge is 2.60. The number of nitrogens with one attached hydrogen (secondary N) is 1. The van der Waals surface area contributed by atoms with Gasteiger partial charge in [0.1, 0.15) is 11.6 Å². The standard InChI is InChI=1S/C16H19F2NO/c1-9(2)7-11-14(16(11,3)4)15(20)19-13-6-5-10(17)8-12(13)18/h5-8,11,14H,1-4H3,(H,19,20)/t11-,14+/m1/s1. The zero-order valence-electron chi connectivity index (χ0n) is 12.1. The fourth-order valence-corrected chi connectivity index (χ4v) is 2.65. The Kier molecular flexibility index (Phi) is 3.67. The molecule has 0 saturated heterocycles. The van der Waals surface area contributed by atoms with E-state index in [-0.39, 0.29) is 28.8 Å². The molecule has 0 bridgehead atoms. The van der Waals surface area contributed by atoms with Gasteiger partial charge in [-0.3, -0.25) is 4.79 Å². The third-order valence-electron chi connectivity index (χ3n) is 3.90. The Balaban J connectivity index is 2.12. The van der Waals surface area contributed by atoms with E-state index in [4.69, 9.17) is 0 Å². The van der Waals surface area contributed by atoms with Crippen molar-refractivity contribution >= 4 is 11.6 Å². The van der Waals surface area contributed by atoms with Crippen molar-refractivity contribution in [1.29, 1.82) is 0 Å². The average Bonchev–Trinajstić information content (AvgIpc) is 2.83. The van der Waals surface area contributed by atoms with Crippen molar-refractivity contribution in [2.24, 2.45) is 17.3 Å². The summed E-state index contributed by atoms with van der Waals surface area (Å²) in [6.07, 6.45) is 2.07. The molecule has 1 aliphatic carbocycles. The molecule has 0 unspecified atom stereocenters. The van der Waals surface area contributed by atoms with Gasteiger partial charge in [-0.2, -0.15) is 0 Å². The van der Waals surface area contributed by atoms with Gasteiger partial charge in [0.25, 0.3) is 0 Å². The van der Waals surface area contributed by atoms with E-state index in [0.717, 1.165) is 17.7 Å². The molecule has 1 aromatic carbocycles. The number of halogens is 2. The Hall–Kier alpha value is -1.71. The Morgan fingerprint density at radius 3 is 2.50 bits per heavy atom. The van der Waals surface area contributed by atoms with Crippen LogP contribution in [0.1, 0.15) is 27.7 Å². The average molecular weight is 279 g/mol. The molecule has 1 aromatic rings. The van der Waals surface area contributed by atoms with Gasteiger partial charge in [0.2, 0.25) is 5.91 Å². The van der Waals surface area contributed by atoms with E-state index < -0.39 is 11.6 Å². The molecular formula is C16H19F2NO. The van der Waals surface area contributed by atoms with Crippen molar-refractivity contribution in [1.82, 2.24) is 0 Å². The molecule has 4 heteroatoms. The molecule has 0 spiro atoms. The second-order valence-electron chi connectivity index (χ2n) is 6.18. The maximum Gasteiger partial charge on any atom is 0.228 e. The molecule has 2 atom stereocenters. The Morgan fingerprint density at radius 2 is 1.95 bits per heavy atom. The molecule has 2 rings (SSSR count). The third kappa shape index (κ3) is 2.74. The van der Waals surface area contributed by atoms with Gasteiger partial charge >= 0.3 is 0 Å². The summed E-state index contributed by atoms with van der Waals surface area (Å²) in [5.74, 6) is -1.65. The largest absolute Gasteiger partial charge is 0.323 e. The van der Waals surface area contributed by atoms with Crippen LogP contribution in [0.2, 0.25) is 0 Å². The Labute approximate surface area is 117 Å². The van der Waals surface area contributed by atoms with Crippen LogP contribution in [0, 0.1) is 28.9 Å². The lowest BCUT2D eigenvalue weighted by Gasteiger charge is -2.07. The minimum Gasteiger partial charge on any atom is -0.323 e. The summed E-state index contributed by atoms with van der Waals surface area (Å²) in [6.45, 7) is 8.01. The quantitative estimate of drug-likeness (QED) is 0.828. The number of hydrogen-bond donors (Lipinski definition) is 1. The molecule has 108 valence electrons. The van der Waals surface area contributed by atoms with Crippen molar-refractivity contribution in [3.8, 4) is 0 Å². The van der Waals surface area contributed by atoms with Crippen LogP contribution in [0.15, 0.2) is 29.8 Å². The second kappa shape index (κ2) is 5.00. The second-order valence-corrected chi connectivity index (χ2v) is 6.18. The molecule has 1 fully saturated rings. The number of rotatable bonds is 3. The lowest BCUT2D eigenvalue weighted by molar-refractivity contribution is -0.118. The molecule has 0 heterocycles. The Bertz CT molecular complexity index is 574. The molecule has 0 aliphatic heterocycles. The van der Waals surface area contributed by atoms with Gasteiger partial charge < -0.3 is 5.32 Å². The molecular weight excluding hydrogens is 260 g/mol. The predicted octanol–water partition coefficient (Wildman–Crippen LogP) is 4.14. The first-order valence-corrected chi connectivity index (χ1v) is 6.64. The highest BCUT2D eigenvalue weighted by molar-refractivity contribution is 5.95. The van der Waals surface area contributed by atoms with E-state index >= 15 is 0 Å². The van der Waals surface area contributed by atoms with Crippen LogP contribution in [0.4, 0.5) is 14.5 Å². The lowest BCUT2D eigenvalue weighted by atomic mass is 10.1. The van der Waals surface area contributed by atoms with Gasteiger partial charge in [0.15, 0.2) is 0 Å². The van der Waals surface area contributed by atoms with Crippen LogP contribution in [-0.2, 0) is 4.79 Å². The number of amides is 1. The maximum atomic E-state index is 13.5. The minimum absolute atomic E-state index is 0.0232. The smallest absolute Gasteiger partial charge is 0.228 e. The van der Waals surface area contributed by atoms with Gasteiger partial charge in [-0.05, 0) is 37.3 Å². The number of carbonyl (C=O) groups is 1. The summed E-state index contributed by atoms with van der Waals surface area (Å²) in [5.41, 5.74) is 1.05.